The third kappa shape index (κ3) is 4.27. The first-order chi connectivity index (χ1) is 13.2. The molecule has 1 aliphatic carbocycles. The fourth-order valence-electron chi connectivity index (χ4n) is 4.50. The molecule has 2 aliphatic rings. The maximum absolute atomic E-state index is 11.8. The Labute approximate surface area is 161 Å². The zero-order valence-corrected chi connectivity index (χ0v) is 16.3. The van der Waals surface area contributed by atoms with Gasteiger partial charge in [0.2, 0.25) is 0 Å². The molecule has 4 nitrogen and oxygen atoms in total. The number of nitrogens with zero attached hydrogens (tertiary/aromatic N) is 2. The van der Waals surface area contributed by atoms with Gasteiger partial charge in [-0.3, -0.25) is 4.79 Å². The van der Waals surface area contributed by atoms with Crippen LogP contribution in [-0.2, 0) is 6.54 Å². The Morgan fingerprint density at radius 1 is 0.926 bits per heavy atom. The predicted molar refractivity (Wildman–Crippen MR) is 109 cm³/mol. The molecule has 0 unspecified atom stereocenters. The number of likely N-dealkylation sites (tertiary alicyclic amines) is 1. The van der Waals surface area contributed by atoms with Gasteiger partial charge in [0.25, 0.3) is 5.56 Å². The van der Waals surface area contributed by atoms with Gasteiger partial charge in [-0.2, -0.15) is 0 Å². The molecule has 4 heteroatoms. The molecule has 0 amide bonds. The summed E-state index contributed by atoms with van der Waals surface area (Å²) in [6.07, 6.45) is 10.1. The number of aryl methyl sites for hydroxylation is 1. The van der Waals surface area contributed by atoms with E-state index in [9.17, 15) is 4.79 Å². The lowest BCUT2D eigenvalue weighted by molar-refractivity contribution is 0.0768. The fraction of sp³-hybridized carbons (Fsp3) is 0.522. The number of hydrogen-bond acceptors (Lipinski definition) is 3. The predicted octanol–water partition coefficient (Wildman–Crippen LogP) is 4.32. The number of benzene rings is 1. The van der Waals surface area contributed by atoms with Crippen molar-refractivity contribution in [2.75, 3.05) is 13.1 Å². The van der Waals surface area contributed by atoms with Crippen LogP contribution in [-0.4, -0.2) is 34.7 Å². The Balaban J connectivity index is 1.35. The first kappa shape index (κ1) is 18.3. The number of aromatic nitrogens is 1. The van der Waals surface area contributed by atoms with Gasteiger partial charge in [-0.25, -0.2) is 0 Å². The molecule has 0 bridgehead atoms. The normalized spacial score (nSPS) is 19.4. The number of pyridine rings is 1. The van der Waals surface area contributed by atoms with E-state index in [0.717, 1.165) is 35.8 Å². The van der Waals surface area contributed by atoms with E-state index in [-0.39, 0.29) is 5.56 Å². The summed E-state index contributed by atoms with van der Waals surface area (Å²) in [5.41, 5.74) is 2.22. The van der Waals surface area contributed by atoms with Crippen LogP contribution < -0.4 is 10.3 Å². The van der Waals surface area contributed by atoms with Crippen LogP contribution in [0.2, 0.25) is 0 Å². The first-order valence-corrected chi connectivity index (χ1v) is 10.4. The molecule has 2 fully saturated rings. The van der Waals surface area contributed by atoms with Gasteiger partial charge in [-0.05, 0) is 61.9 Å². The fourth-order valence-corrected chi connectivity index (χ4v) is 4.50. The molecular weight excluding hydrogens is 336 g/mol. The summed E-state index contributed by atoms with van der Waals surface area (Å²) in [7, 11) is 0. The van der Waals surface area contributed by atoms with Crippen molar-refractivity contribution in [2.24, 2.45) is 0 Å². The lowest BCUT2D eigenvalue weighted by atomic mass is 10.0. The highest BCUT2D eigenvalue weighted by Gasteiger charge is 2.27. The van der Waals surface area contributed by atoms with E-state index < -0.39 is 0 Å². The van der Waals surface area contributed by atoms with Crippen LogP contribution in [0.15, 0.2) is 47.4 Å². The first-order valence-electron chi connectivity index (χ1n) is 10.4. The molecule has 1 saturated carbocycles. The molecule has 1 aliphatic heterocycles. The molecule has 1 aromatic carbocycles. The van der Waals surface area contributed by atoms with Crippen molar-refractivity contribution in [1.82, 2.24) is 9.47 Å². The molecule has 0 N–H and O–H groups in total. The minimum absolute atomic E-state index is 0.0464. The van der Waals surface area contributed by atoms with Crippen LogP contribution in [0.4, 0.5) is 0 Å². The summed E-state index contributed by atoms with van der Waals surface area (Å²) in [6.45, 7) is 5.02. The van der Waals surface area contributed by atoms with Crippen LogP contribution in [0.5, 0.6) is 5.75 Å². The third-order valence-corrected chi connectivity index (χ3v) is 6.13. The van der Waals surface area contributed by atoms with Crippen LogP contribution >= 0.6 is 0 Å². The molecular formula is C23H30N2O2. The van der Waals surface area contributed by atoms with E-state index in [2.05, 4.69) is 29.2 Å². The average Bonchev–Trinajstić information content (AvgIpc) is 3.24. The van der Waals surface area contributed by atoms with Crippen LogP contribution in [0, 0.1) is 0 Å². The van der Waals surface area contributed by atoms with Crippen molar-refractivity contribution in [2.45, 2.75) is 64.1 Å². The monoisotopic (exact) mass is 366 g/mol. The van der Waals surface area contributed by atoms with Gasteiger partial charge in [0.05, 0.1) is 0 Å². The molecule has 4 rings (SSSR count). The number of ether oxygens (including phenoxy) is 1. The molecule has 27 heavy (non-hydrogen) atoms. The Hall–Kier alpha value is -2.07. The highest BCUT2D eigenvalue weighted by atomic mass is 16.5. The van der Waals surface area contributed by atoms with Crippen LogP contribution in [0.1, 0.15) is 45.4 Å². The Morgan fingerprint density at radius 2 is 1.59 bits per heavy atom. The van der Waals surface area contributed by atoms with E-state index in [1.54, 1.807) is 10.6 Å². The highest BCUT2D eigenvalue weighted by Crippen LogP contribution is 2.28. The maximum atomic E-state index is 11.8. The number of piperidine rings is 1. The van der Waals surface area contributed by atoms with E-state index in [1.807, 2.05) is 19.2 Å². The molecule has 2 aromatic rings. The highest BCUT2D eigenvalue weighted by molar-refractivity contribution is 5.63. The summed E-state index contributed by atoms with van der Waals surface area (Å²) >= 11 is 0. The number of hydrogen-bond donors (Lipinski definition) is 0. The summed E-state index contributed by atoms with van der Waals surface area (Å²) in [4.78, 5) is 14.4. The molecule has 1 aromatic heterocycles. The molecule has 2 heterocycles. The lowest BCUT2D eigenvalue weighted by Crippen LogP contribution is -2.43. The van der Waals surface area contributed by atoms with Gasteiger partial charge in [0.15, 0.2) is 0 Å². The quantitative estimate of drug-likeness (QED) is 0.790. The molecule has 0 radical (unpaired) electrons. The van der Waals surface area contributed by atoms with E-state index in [0.29, 0.717) is 12.6 Å². The van der Waals surface area contributed by atoms with Crippen LogP contribution in [0.25, 0.3) is 11.1 Å². The van der Waals surface area contributed by atoms with E-state index in [1.165, 1.54) is 38.8 Å². The van der Waals surface area contributed by atoms with Gasteiger partial charge >= 0.3 is 0 Å². The van der Waals surface area contributed by atoms with Crippen LogP contribution in [0.3, 0.4) is 0 Å². The largest absolute Gasteiger partial charge is 0.490 e. The molecule has 1 saturated heterocycles. The molecule has 144 valence electrons. The van der Waals surface area contributed by atoms with Gasteiger partial charge < -0.3 is 14.2 Å². The Morgan fingerprint density at radius 3 is 2.26 bits per heavy atom. The average molecular weight is 367 g/mol. The molecule has 0 spiro atoms. The maximum Gasteiger partial charge on any atom is 0.250 e. The van der Waals surface area contributed by atoms with Crippen molar-refractivity contribution in [3.63, 3.8) is 0 Å². The minimum Gasteiger partial charge on any atom is -0.490 e. The lowest BCUT2D eigenvalue weighted by Gasteiger charge is -2.36. The Kier molecular flexibility index (Phi) is 5.63. The van der Waals surface area contributed by atoms with Gasteiger partial charge in [-0.1, -0.05) is 25.0 Å². The van der Waals surface area contributed by atoms with Gasteiger partial charge in [-0.15, -0.1) is 0 Å². The van der Waals surface area contributed by atoms with Crippen molar-refractivity contribution < 1.29 is 4.74 Å². The van der Waals surface area contributed by atoms with Crippen molar-refractivity contribution in [3.05, 3.63) is 52.9 Å². The third-order valence-electron chi connectivity index (χ3n) is 6.13. The standard InChI is InChI=1S/C23H30N2O2/c1-2-24-17-19(9-12-23(24)26)18-7-10-21(11-8-18)27-22-13-15-25(16-14-22)20-5-3-4-6-20/h7-12,17,20,22H,2-6,13-16H2,1H3. The second-order valence-corrected chi connectivity index (χ2v) is 7.86. The number of rotatable bonds is 5. The summed E-state index contributed by atoms with van der Waals surface area (Å²) in [6, 6.07) is 12.6. The topological polar surface area (TPSA) is 34.5 Å². The van der Waals surface area contributed by atoms with Crippen molar-refractivity contribution >= 4 is 0 Å². The second-order valence-electron chi connectivity index (χ2n) is 7.86. The summed E-state index contributed by atoms with van der Waals surface area (Å²) < 4.78 is 7.97. The van der Waals surface area contributed by atoms with E-state index in [4.69, 9.17) is 4.74 Å². The summed E-state index contributed by atoms with van der Waals surface area (Å²) in [5.74, 6) is 0.946. The Bertz CT molecular complexity index is 798. The SMILES string of the molecule is CCn1cc(-c2ccc(OC3CCN(C4CCCC4)CC3)cc2)ccc1=O. The zero-order valence-electron chi connectivity index (χ0n) is 16.3. The minimum atomic E-state index is 0.0464. The van der Waals surface area contributed by atoms with Crippen molar-refractivity contribution in [3.8, 4) is 16.9 Å². The van der Waals surface area contributed by atoms with E-state index >= 15 is 0 Å². The summed E-state index contributed by atoms with van der Waals surface area (Å²) in [5, 5.41) is 0. The second kappa shape index (κ2) is 8.30. The molecule has 0 atom stereocenters. The van der Waals surface area contributed by atoms with Gasteiger partial charge in [0, 0.05) is 37.9 Å². The van der Waals surface area contributed by atoms with Crippen molar-refractivity contribution in [1.29, 1.82) is 0 Å². The smallest absolute Gasteiger partial charge is 0.250 e. The van der Waals surface area contributed by atoms with Gasteiger partial charge in [0.1, 0.15) is 11.9 Å². The zero-order chi connectivity index (χ0) is 18.6.